The molecule has 1 aliphatic heterocycles. The molecule has 3 N–H and O–H groups in total. The smallest absolute Gasteiger partial charge is 0.334 e. The predicted molar refractivity (Wildman–Crippen MR) is 70.6 cm³/mol. The number of aliphatic hydroxyl groups excluding tert-OH is 1. The maximum Gasteiger partial charge on any atom is 0.334 e. The first-order valence-corrected chi connectivity index (χ1v) is 6.91. The number of hydrogen-bond donors (Lipinski definition) is 3. The van der Waals surface area contributed by atoms with Crippen molar-refractivity contribution >= 4 is 5.97 Å². The van der Waals surface area contributed by atoms with Crippen LogP contribution in [0.1, 0.15) is 26.7 Å². The second-order valence-corrected chi connectivity index (χ2v) is 6.58. The van der Waals surface area contributed by atoms with E-state index in [1.165, 1.54) is 13.0 Å². The van der Waals surface area contributed by atoms with E-state index < -0.39 is 35.3 Å². The minimum Gasteiger partial charge on any atom is -0.458 e. The maximum atomic E-state index is 11.7. The van der Waals surface area contributed by atoms with E-state index in [0.717, 1.165) is 0 Å². The van der Waals surface area contributed by atoms with E-state index >= 15 is 0 Å². The normalized spacial score (nSPS) is 51.1. The van der Waals surface area contributed by atoms with Gasteiger partial charge in [-0.2, -0.15) is 0 Å². The lowest BCUT2D eigenvalue weighted by Crippen LogP contribution is -2.48. The van der Waals surface area contributed by atoms with Gasteiger partial charge >= 0.3 is 5.97 Å². The number of fused-ring (bicyclic) bond motifs is 3. The van der Waals surface area contributed by atoms with Crippen LogP contribution in [0.2, 0.25) is 0 Å². The van der Waals surface area contributed by atoms with Gasteiger partial charge in [-0.05, 0) is 32.3 Å². The second-order valence-electron chi connectivity index (χ2n) is 6.58. The Labute approximate surface area is 117 Å². The van der Waals surface area contributed by atoms with Gasteiger partial charge in [-0.25, -0.2) is 4.79 Å². The van der Waals surface area contributed by atoms with Crippen LogP contribution in [0.5, 0.6) is 0 Å². The summed E-state index contributed by atoms with van der Waals surface area (Å²) in [7, 11) is 0. The molecule has 2 fully saturated rings. The molecule has 0 bridgehead atoms. The van der Waals surface area contributed by atoms with Gasteiger partial charge in [0.1, 0.15) is 17.8 Å². The number of hydrogen-bond acceptors (Lipinski definition) is 5. The van der Waals surface area contributed by atoms with Crippen molar-refractivity contribution in [1.29, 1.82) is 0 Å². The highest BCUT2D eigenvalue weighted by atomic mass is 16.6. The van der Waals surface area contributed by atoms with Crippen molar-refractivity contribution in [3.05, 3.63) is 23.8 Å². The van der Waals surface area contributed by atoms with Crippen molar-refractivity contribution in [2.45, 2.75) is 50.1 Å². The van der Waals surface area contributed by atoms with Gasteiger partial charge in [0.25, 0.3) is 0 Å². The molecule has 0 amide bonds. The van der Waals surface area contributed by atoms with Gasteiger partial charge in [0.15, 0.2) is 0 Å². The van der Waals surface area contributed by atoms with Gasteiger partial charge in [-0.15, -0.1) is 0 Å². The monoisotopic (exact) mass is 280 g/mol. The Balaban J connectivity index is 2.11. The van der Waals surface area contributed by atoms with Crippen molar-refractivity contribution in [1.82, 2.24) is 0 Å². The van der Waals surface area contributed by atoms with E-state index in [9.17, 15) is 20.1 Å². The molecule has 0 aromatic carbocycles. The number of ether oxygens (including phenoxy) is 1. The molecular formula is C15H20O5. The minimum atomic E-state index is -1.46. The van der Waals surface area contributed by atoms with Crippen molar-refractivity contribution in [2.75, 3.05) is 0 Å². The van der Waals surface area contributed by atoms with E-state index in [1.807, 2.05) is 0 Å². The molecule has 0 radical (unpaired) electrons. The van der Waals surface area contributed by atoms with Gasteiger partial charge in [0, 0.05) is 11.5 Å². The SMILES string of the molecule is C=C1C(=O)O[C@H]2[C@H]1CC[C@@](C)(O)C1=C[C@@H](O)[C@@](C)(O)[C@@H]12. The Morgan fingerprint density at radius 1 is 1.40 bits per heavy atom. The number of carbonyl (C=O) groups is 1. The van der Waals surface area contributed by atoms with Gasteiger partial charge in [0.05, 0.1) is 11.5 Å². The molecule has 0 aromatic rings. The number of rotatable bonds is 0. The van der Waals surface area contributed by atoms with Crippen LogP contribution < -0.4 is 0 Å². The molecule has 110 valence electrons. The average molecular weight is 280 g/mol. The summed E-state index contributed by atoms with van der Waals surface area (Å²) in [6.45, 7) is 6.96. The molecule has 5 heteroatoms. The van der Waals surface area contributed by atoms with Gasteiger partial charge < -0.3 is 20.1 Å². The summed E-state index contributed by atoms with van der Waals surface area (Å²) in [6, 6.07) is 0. The first-order valence-electron chi connectivity index (χ1n) is 6.91. The maximum absolute atomic E-state index is 11.7. The zero-order valence-electron chi connectivity index (χ0n) is 11.7. The Kier molecular flexibility index (Phi) is 2.71. The fraction of sp³-hybridized carbons (Fsp3) is 0.667. The largest absolute Gasteiger partial charge is 0.458 e. The van der Waals surface area contributed by atoms with Crippen molar-refractivity contribution < 1.29 is 24.9 Å². The van der Waals surface area contributed by atoms with Crippen molar-refractivity contribution in [3.63, 3.8) is 0 Å². The lowest BCUT2D eigenvalue weighted by atomic mass is 9.76. The summed E-state index contributed by atoms with van der Waals surface area (Å²) >= 11 is 0. The second kappa shape index (κ2) is 3.93. The zero-order valence-corrected chi connectivity index (χ0v) is 11.7. The number of aliphatic hydroxyl groups is 3. The minimum absolute atomic E-state index is 0.221. The molecule has 3 aliphatic rings. The Morgan fingerprint density at radius 3 is 2.70 bits per heavy atom. The molecule has 5 nitrogen and oxygen atoms in total. The summed E-state index contributed by atoms with van der Waals surface area (Å²) in [5, 5.41) is 31.3. The topological polar surface area (TPSA) is 87.0 Å². The van der Waals surface area contributed by atoms with Crippen LogP contribution in [0.4, 0.5) is 0 Å². The fourth-order valence-corrected chi connectivity index (χ4v) is 3.82. The third-order valence-corrected chi connectivity index (χ3v) is 5.14. The van der Waals surface area contributed by atoms with Crippen molar-refractivity contribution in [2.24, 2.45) is 11.8 Å². The molecule has 1 saturated carbocycles. The lowest BCUT2D eigenvalue weighted by molar-refractivity contribution is -0.148. The molecule has 3 rings (SSSR count). The highest BCUT2D eigenvalue weighted by molar-refractivity contribution is 5.91. The van der Waals surface area contributed by atoms with Gasteiger partial charge in [0.2, 0.25) is 0 Å². The zero-order chi connectivity index (χ0) is 14.9. The van der Waals surface area contributed by atoms with Gasteiger partial charge in [-0.1, -0.05) is 12.7 Å². The lowest BCUT2D eigenvalue weighted by Gasteiger charge is -2.36. The molecule has 1 saturated heterocycles. The third-order valence-electron chi connectivity index (χ3n) is 5.14. The fourth-order valence-electron chi connectivity index (χ4n) is 3.82. The summed E-state index contributed by atoms with van der Waals surface area (Å²) in [5.41, 5.74) is -1.63. The van der Waals surface area contributed by atoms with E-state index in [1.54, 1.807) is 6.92 Å². The number of esters is 1. The Bertz CT molecular complexity index is 516. The Hall–Kier alpha value is -1.17. The predicted octanol–water partition coefficient (Wildman–Crippen LogP) is 0.297. The number of carbonyl (C=O) groups excluding carboxylic acids is 1. The molecule has 1 heterocycles. The van der Waals surface area contributed by atoms with E-state index in [-0.39, 0.29) is 5.92 Å². The van der Waals surface area contributed by atoms with E-state index in [0.29, 0.717) is 24.0 Å². The molecule has 2 aliphatic carbocycles. The van der Waals surface area contributed by atoms with Crippen molar-refractivity contribution in [3.8, 4) is 0 Å². The van der Waals surface area contributed by atoms with E-state index in [4.69, 9.17) is 4.74 Å². The summed E-state index contributed by atoms with van der Waals surface area (Å²) in [4.78, 5) is 11.7. The average Bonchev–Trinajstić information content (AvgIpc) is 2.69. The summed E-state index contributed by atoms with van der Waals surface area (Å²) in [6.07, 6.45) is 0.863. The third kappa shape index (κ3) is 1.63. The van der Waals surface area contributed by atoms with Crippen LogP contribution >= 0.6 is 0 Å². The van der Waals surface area contributed by atoms with Crippen LogP contribution in [-0.4, -0.2) is 44.7 Å². The van der Waals surface area contributed by atoms with Crippen LogP contribution in [0.15, 0.2) is 23.8 Å². The van der Waals surface area contributed by atoms with Crippen LogP contribution in [0.3, 0.4) is 0 Å². The highest BCUT2D eigenvalue weighted by Gasteiger charge is 2.60. The van der Waals surface area contributed by atoms with Crippen LogP contribution in [0, 0.1) is 11.8 Å². The molecular weight excluding hydrogens is 260 g/mol. The molecule has 0 spiro atoms. The summed E-state index contributed by atoms with van der Waals surface area (Å²) in [5.74, 6) is -1.28. The van der Waals surface area contributed by atoms with Crippen LogP contribution in [0.25, 0.3) is 0 Å². The summed E-state index contributed by atoms with van der Waals surface area (Å²) < 4.78 is 5.39. The molecule has 6 atom stereocenters. The van der Waals surface area contributed by atoms with Gasteiger partial charge in [-0.3, -0.25) is 0 Å². The quantitative estimate of drug-likeness (QED) is 0.337. The first kappa shape index (κ1) is 13.8. The molecule has 20 heavy (non-hydrogen) atoms. The van der Waals surface area contributed by atoms with Crippen LogP contribution in [-0.2, 0) is 9.53 Å². The molecule has 0 unspecified atom stereocenters. The standard InChI is InChI=1S/C15H20O5/c1-7-8-4-5-14(2,18)9-6-10(16)15(3,19)11(9)12(8)20-13(7)17/h6,8,10-12,16,18-19H,1,4-5H2,2-3H3/t8-,10+,11-,12-,14+,15+/m0/s1. The highest BCUT2D eigenvalue weighted by Crippen LogP contribution is 2.52. The Morgan fingerprint density at radius 2 is 2.05 bits per heavy atom. The first-order chi connectivity index (χ1) is 9.16. The molecule has 0 aromatic heterocycles. The van der Waals surface area contributed by atoms with E-state index in [2.05, 4.69) is 6.58 Å².